The Balaban J connectivity index is 1.95. The maximum atomic E-state index is 12.8. The van der Waals surface area contributed by atoms with E-state index >= 15 is 0 Å². The fourth-order valence-electron chi connectivity index (χ4n) is 3.57. The monoisotopic (exact) mass is 310 g/mol. The number of hydrogen-bond acceptors (Lipinski definition) is 4. The molecule has 4 heteroatoms. The SMILES string of the molecule is CCC(C)c1ccc2c(c1)C1(O)C(=O)c3ccccc3C1(O)O2. The number of ketones is 1. The average molecular weight is 310 g/mol. The van der Waals surface area contributed by atoms with E-state index in [0.29, 0.717) is 22.4 Å². The molecule has 1 heterocycles. The van der Waals surface area contributed by atoms with E-state index in [1.165, 1.54) is 0 Å². The Labute approximate surface area is 134 Å². The molecule has 0 aromatic heterocycles. The predicted molar refractivity (Wildman–Crippen MR) is 84.3 cm³/mol. The Hall–Kier alpha value is -2.17. The van der Waals surface area contributed by atoms with E-state index in [0.717, 1.165) is 12.0 Å². The molecule has 118 valence electrons. The molecule has 4 nitrogen and oxygen atoms in total. The van der Waals surface area contributed by atoms with E-state index in [-0.39, 0.29) is 5.92 Å². The third kappa shape index (κ3) is 1.55. The highest BCUT2D eigenvalue weighted by atomic mass is 16.7. The van der Waals surface area contributed by atoms with Crippen molar-refractivity contribution in [3.63, 3.8) is 0 Å². The molecule has 0 radical (unpaired) electrons. The molecule has 1 aliphatic heterocycles. The fraction of sp³-hybridized carbons (Fsp3) is 0.316. The van der Waals surface area contributed by atoms with Crippen molar-refractivity contribution in [2.75, 3.05) is 0 Å². The summed E-state index contributed by atoms with van der Waals surface area (Å²) in [6, 6.07) is 12.1. The highest BCUT2D eigenvalue weighted by Crippen LogP contribution is 2.58. The lowest BCUT2D eigenvalue weighted by atomic mass is 9.85. The van der Waals surface area contributed by atoms with Crippen LogP contribution < -0.4 is 4.74 Å². The number of fused-ring (bicyclic) bond motifs is 5. The molecular weight excluding hydrogens is 292 g/mol. The van der Waals surface area contributed by atoms with E-state index < -0.39 is 17.2 Å². The van der Waals surface area contributed by atoms with Crippen LogP contribution in [0.4, 0.5) is 0 Å². The van der Waals surface area contributed by atoms with Crippen molar-refractivity contribution < 1.29 is 19.7 Å². The van der Waals surface area contributed by atoms with Gasteiger partial charge in [0.15, 0.2) is 0 Å². The molecule has 1 aliphatic carbocycles. The molecule has 0 fully saturated rings. The van der Waals surface area contributed by atoms with Crippen LogP contribution in [0.2, 0.25) is 0 Å². The summed E-state index contributed by atoms with van der Waals surface area (Å²) in [5.41, 5.74) is -0.115. The van der Waals surface area contributed by atoms with Crippen LogP contribution in [-0.2, 0) is 11.4 Å². The standard InChI is InChI=1S/C19H18O4/c1-3-11(2)12-8-9-16-15(10-12)18(21)17(20)13-6-4-5-7-14(13)19(18,22)23-16/h4-11,21-22H,3H2,1-2H3. The first-order chi connectivity index (χ1) is 10.9. The lowest BCUT2D eigenvalue weighted by Crippen LogP contribution is -2.48. The van der Waals surface area contributed by atoms with Gasteiger partial charge in [-0.1, -0.05) is 44.2 Å². The summed E-state index contributed by atoms with van der Waals surface area (Å²) >= 11 is 0. The molecule has 3 unspecified atom stereocenters. The number of benzene rings is 2. The van der Waals surface area contributed by atoms with Gasteiger partial charge in [0.1, 0.15) is 5.75 Å². The highest BCUT2D eigenvalue weighted by Gasteiger charge is 2.70. The Bertz CT molecular complexity index is 828. The van der Waals surface area contributed by atoms with Crippen LogP contribution in [-0.4, -0.2) is 16.0 Å². The van der Waals surface area contributed by atoms with Crippen molar-refractivity contribution >= 4 is 5.78 Å². The Morgan fingerprint density at radius 2 is 1.87 bits per heavy atom. The van der Waals surface area contributed by atoms with Gasteiger partial charge >= 0.3 is 0 Å². The Morgan fingerprint density at radius 3 is 2.61 bits per heavy atom. The van der Waals surface area contributed by atoms with Crippen LogP contribution in [0.1, 0.15) is 53.2 Å². The first-order valence-electron chi connectivity index (χ1n) is 7.86. The fourth-order valence-corrected chi connectivity index (χ4v) is 3.57. The number of rotatable bonds is 2. The van der Waals surface area contributed by atoms with Gasteiger partial charge in [-0.25, -0.2) is 0 Å². The van der Waals surface area contributed by atoms with Crippen molar-refractivity contribution in [3.8, 4) is 5.75 Å². The van der Waals surface area contributed by atoms with Crippen molar-refractivity contribution in [3.05, 3.63) is 64.7 Å². The molecule has 0 saturated heterocycles. The largest absolute Gasteiger partial charge is 0.454 e. The van der Waals surface area contributed by atoms with Gasteiger partial charge in [-0.3, -0.25) is 4.79 Å². The van der Waals surface area contributed by atoms with Gasteiger partial charge in [0.05, 0.1) is 0 Å². The predicted octanol–water partition coefficient (Wildman–Crippen LogP) is 2.82. The van der Waals surface area contributed by atoms with Crippen LogP contribution >= 0.6 is 0 Å². The van der Waals surface area contributed by atoms with Gasteiger partial charge in [-0.15, -0.1) is 0 Å². The van der Waals surface area contributed by atoms with Crippen molar-refractivity contribution in [1.82, 2.24) is 0 Å². The molecule has 4 rings (SSSR count). The lowest BCUT2D eigenvalue weighted by Gasteiger charge is -2.28. The molecule has 0 spiro atoms. The first-order valence-corrected chi connectivity index (χ1v) is 7.86. The zero-order chi connectivity index (χ0) is 16.4. The molecule has 0 amide bonds. The summed E-state index contributed by atoms with van der Waals surface area (Å²) < 4.78 is 5.67. The van der Waals surface area contributed by atoms with Gasteiger partial charge in [0, 0.05) is 16.7 Å². The highest BCUT2D eigenvalue weighted by molar-refractivity contribution is 6.09. The van der Waals surface area contributed by atoms with Crippen molar-refractivity contribution in [2.45, 2.75) is 37.6 Å². The van der Waals surface area contributed by atoms with Crippen molar-refractivity contribution in [2.24, 2.45) is 0 Å². The minimum absolute atomic E-state index is 0.288. The molecule has 3 atom stereocenters. The van der Waals surface area contributed by atoms with E-state index in [1.807, 2.05) is 6.07 Å². The summed E-state index contributed by atoms with van der Waals surface area (Å²) in [4.78, 5) is 12.8. The quantitative estimate of drug-likeness (QED) is 0.895. The Kier molecular flexibility index (Phi) is 2.78. The summed E-state index contributed by atoms with van der Waals surface area (Å²) in [5, 5.41) is 22.2. The van der Waals surface area contributed by atoms with Crippen LogP contribution in [0.5, 0.6) is 5.75 Å². The number of aliphatic hydroxyl groups is 2. The smallest absolute Gasteiger partial charge is 0.276 e. The van der Waals surface area contributed by atoms with Gasteiger partial charge in [0.25, 0.3) is 5.79 Å². The summed E-state index contributed by atoms with van der Waals surface area (Å²) in [6.07, 6.45) is 0.941. The second-order valence-electron chi connectivity index (χ2n) is 6.40. The van der Waals surface area contributed by atoms with Gasteiger partial charge < -0.3 is 14.9 Å². The molecule has 2 aromatic rings. The number of ether oxygens (including phenoxy) is 1. The van der Waals surface area contributed by atoms with Gasteiger partial charge in [-0.2, -0.15) is 0 Å². The second kappa shape index (κ2) is 4.43. The van der Waals surface area contributed by atoms with Crippen molar-refractivity contribution in [1.29, 1.82) is 0 Å². The second-order valence-corrected chi connectivity index (χ2v) is 6.40. The van der Waals surface area contributed by atoms with E-state index in [4.69, 9.17) is 4.74 Å². The zero-order valence-electron chi connectivity index (χ0n) is 13.0. The molecule has 2 aromatic carbocycles. The minimum Gasteiger partial charge on any atom is -0.454 e. The minimum atomic E-state index is -2.09. The van der Waals surface area contributed by atoms with E-state index in [1.54, 1.807) is 36.4 Å². The molecule has 0 bridgehead atoms. The lowest BCUT2D eigenvalue weighted by molar-refractivity contribution is -0.224. The Morgan fingerprint density at radius 1 is 1.13 bits per heavy atom. The average Bonchev–Trinajstić information content (AvgIpc) is 2.91. The third-order valence-electron chi connectivity index (χ3n) is 5.19. The molecule has 23 heavy (non-hydrogen) atoms. The maximum Gasteiger partial charge on any atom is 0.276 e. The molecule has 2 aliphatic rings. The normalized spacial score (nSPS) is 28.8. The summed E-state index contributed by atoms with van der Waals surface area (Å²) in [6.45, 7) is 4.16. The summed E-state index contributed by atoms with van der Waals surface area (Å²) in [5.74, 6) is -1.94. The molecule has 0 saturated carbocycles. The molecule has 2 N–H and O–H groups in total. The van der Waals surface area contributed by atoms with E-state index in [9.17, 15) is 15.0 Å². The van der Waals surface area contributed by atoms with Gasteiger partial charge in [-0.05, 0) is 30.0 Å². The maximum absolute atomic E-state index is 12.8. The number of hydrogen-bond donors (Lipinski definition) is 2. The van der Waals surface area contributed by atoms with Crippen LogP contribution in [0, 0.1) is 0 Å². The third-order valence-corrected chi connectivity index (χ3v) is 5.19. The van der Waals surface area contributed by atoms with Gasteiger partial charge in [0.2, 0.25) is 11.4 Å². The summed E-state index contributed by atoms with van der Waals surface area (Å²) in [7, 11) is 0. The first kappa shape index (κ1) is 14.4. The number of Topliss-reactive ketones (excluding diaryl/α,β-unsaturated/α-hetero) is 1. The van der Waals surface area contributed by atoms with E-state index in [2.05, 4.69) is 13.8 Å². The topological polar surface area (TPSA) is 66.8 Å². The van der Waals surface area contributed by atoms with Crippen LogP contribution in [0.3, 0.4) is 0 Å². The van der Waals surface area contributed by atoms with Crippen LogP contribution in [0.25, 0.3) is 0 Å². The molecular formula is C19H18O4. The number of carbonyl (C=O) groups is 1. The zero-order valence-corrected chi connectivity index (χ0v) is 13.0. The van der Waals surface area contributed by atoms with Crippen LogP contribution in [0.15, 0.2) is 42.5 Å². The number of carbonyl (C=O) groups excluding carboxylic acids is 1.